The highest BCUT2D eigenvalue weighted by Crippen LogP contribution is 2.05. The molecule has 0 aromatic heterocycles. The summed E-state index contributed by atoms with van der Waals surface area (Å²) < 4.78 is 9.81. The molecule has 0 aromatic rings. The largest absolute Gasteiger partial charge is 0.635 e. The van der Waals surface area contributed by atoms with Gasteiger partial charge in [0, 0.05) is 13.1 Å². The number of hydrogen-bond donors (Lipinski definition) is 2. The van der Waals surface area contributed by atoms with E-state index < -0.39 is 13.6 Å². The summed E-state index contributed by atoms with van der Waals surface area (Å²) in [6.45, 7) is 5.00. The topological polar surface area (TPSA) is 62.2 Å². The van der Waals surface area contributed by atoms with Crippen LogP contribution in [0.5, 0.6) is 0 Å². The van der Waals surface area contributed by atoms with Crippen molar-refractivity contribution in [1.29, 1.82) is 0 Å². The smallest absolute Gasteiger partial charge is 0.402 e. The quantitative estimate of drug-likeness (QED) is 0.519. The van der Waals surface area contributed by atoms with Gasteiger partial charge in [-0.25, -0.2) is 0 Å². The first kappa shape index (κ1) is 9.95. The summed E-state index contributed by atoms with van der Waals surface area (Å²) in [6, 6.07) is 0. The van der Waals surface area contributed by atoms with Gasteiger partial charge >= 0.3 is 7.32 Å². The fourth-order valence-corrected chi connectivity index (χ4v) is 1.17. The van der Waals surface area contributed by atoms with E-state index in [-0.39, 0.29) is 0 Å². The van der Waals surface area contributed by atoms with Crippen LogP contribution in [-0.2, 0) is 9.39 Å². The number of morpholine rings is 1. The molecule has 1 unspecified atom stereocenters. The number of ether oxygens (including phenoxy) is 1. The molecule has 5 nitrogen and oxygen atoms in total. The number of rotatable bonds is 3. The summed E-state index contributed by atoms with van der Waals surface area (Å²) in [7, 11) is -1.74. The fraction of sp³-hybridized carbons (Fsp3) is 1.00. The third kappa shape index (κ3) is 3.08. The van der Waals surface area contributed by atoms with Crippen LogP contribution in [0.4, 0.5) is 0 Å². The van der Waals surface area contributed by atoms with E-state index in [9.17, 15) is 0 Å². The van der Waals surface area contributed by atoms with Crippen LogP contribution >= 0.6 is 0 Å². The van der Waals surface area contributed by atoms with Crippen molar-refractivity contribution in [1.82, 2.24) is 4.90 Å². The Kier molecular flexibility index (Phi) is 3.97. The van der Waals surface area contributed by atoms with E-state index >= 15 is 0 Å². The Bertz CT molecular complexity index is 135. The van der Waals surface area contributed by atoms with Gasteiger partial charge in [-0.15, -0.1) is 0 Å². The van der Waals surface area contributed by atoms with Gasteiger partial charge in [-0.1, -0.05) is 6.92 Å². The lowest BCUT2D eigenvalue weighted by molar-refractivity contribution is -0.144. The van der Waals surface area contributed by atoms with E-state index in [0.717, 1.165) is 13.1 Å². The lowest BCUT2D eigenvalue weighted by atomic mass is 10.2. The van der Waals surface area contributed by atoms with Crippen molar-refractivity contribution in [2.45, 2.75) is 13.2 Å². The molecular weight excluding hydrogens is 161 g/mol. The van der Waals surface area contributed by atoms with Crippen LogP contribution < -0.4 is 0 Å². The first-order valence-corrected chi connectivity index (χ1v) is 4.08. The average Bonchev–Trinajstić information content (AvgIpc) is 2.03. The van der Waals surface area contributed by atoms with E-state index in [2.05, 4.69) is 9.55 Å². The maximum atomic E-state index is 8.50. The first-order chi connectivity index (χ1) is 5.72. The van der Waals surface area contributed by atoms with Crippen LogP contribution in [0.3, 0.4) is 0 Å². The van der Waals surface area contributed by atoms with Gasteiger partial charge < -0.3 is 19.4 Å². The maximum absolute atomic E-state index is 8.50. The zero-order valence-corrected chi connectivity index (χ0v) is 7.14. The van der Waals surface area contributed by atoms with E-state index in [1.807, 2.05) is 6.92 Å². The minimum Gasteiger partial charge on any atom is -0.402 e. The lowest BCUT2D eigenvalue weighted by Gasteiger charge is -2.31. The van der Waals surface area contributed by atoms with Crippen LogP contribution in [0.1, 0.15) is 6.92 Å². The molecule has 0 saturated carbocycles. The van der Waals surface area contributed by atoms with Crippen molar-refractivity contribution in [3.8, 4) is 0 Å². The molecule has 0 aliphatic carbocycles. The lowest BCUT2D eigenvalue weighted by Crippen LogP contribution is -2.45. The molecule has 2 N–H and O–H groups in total. The molecule has 0 bridgehead atoms. The predicted molar refractivity (Wildman–Crippen MR) is 43.1 cm³/mol. The van der Waals surface area contributed by atoms with Crippen molar-refractivity contribution in [3.05, 3.63) is 0 Å². The molecule has 1 fully saturated rings. The monoisotopic (exact) mass is 175 g/mol. The van der Waals surface area contributed by atoms with Gasteiger partial charge in [-0.2, -0.15) is 0 Å². The molecule has 0 radical (unpaired) electrons. The Hall–Kier alpha value is -0.135. The molecule has 6 heteroatoms. The SMILES string of the molecule is CCN1CCOC(OB(O)O)C1. The molecular formula is C6H14BNO4. The third-order valence-corrected chi connectivity index (χ3v) is 1.84. The van der Waals surface area contributed by atoms with Crippen LogP contribution in [0, 0.1) is 0 Å². The van der Waals surface area contributed by atoms with Crippen LogP contribution in [0.2, 0.25) is 0 Å². The standard InChI is InChI=1S/C6H14BNO4/c1-2-8-3-4-11-6(5-8)12-7(9)10/h6,9-10H,2-5H2,1H3. The zero-order valence-electron chi connectivity index (χ0n) is 7.14. The second kappa shape index (κ2) is 4.79. The van der Waals surface area contributed by atoms with Gasteiger partial charge in [0.1, 0.15) is 0 Å². The molecule has 1 aliphatic rings. The Labute approximate surface area is 72.1 Å². The highest BCUT2D eigenvalue weighted by Gasteiger charge is 2.24. The van der Waals surface area contributed by atoms with Gasteiger partial charge in [0.15, 0.2) is 6.29 Å². The first-order valence-electron chi connectivity index (χ1n) is 4.08. The molecule has 1 heterocycles. The third-order valence-electron chi connectivity index (χ3n) is 1.84. The molecule has 1 atom stereocenters. The van der Waals surface area contributed by atoms with Crippen LogP contribution in [0.15, 0.2) is 0 Å². The van der Waals surface area contributed by atoms with Gasteiger partial charge in [0.05, 0.1) is 6.61 Å². The second-order valence-electron chi connectivity index (χ2n) is 2.66. The molecule has 0 aromatic carbocycles. The number of hydrogen-bond acceptors (Lipinski definition) is 5. The normalized spacial score (nSPS) is 25.8. The van der Waals surface area contributed by atoms with Gasteiger partial charge in [0.2, 0.25) is 0 Å². The second-order valence-corrected chi connectivity index (χ2v) is 2.66. The zero-order chi connectivity index (χ0) is 8.97. The van der Waals surface area contributed by atoms with E-state index in [0.29, 0.717) is 13.2 Å². The predicted octanol–water partition coefficient (Wildman–Crippen LogP) is -1.35. The Balaban J connectivity index is 2.25. The van der Waals surface area contributed by atoms with E-state index in [1.54, 1.807) is 0 Å². The van der Waals surface area contributed by atoms with Gasteiger partial charge in [-0.3, -0.25) is 4.90 Å². The van der Waals surface area contributed by atoms with Gasteiger partial charge in [0.25, 0.3) is 0 Å². The Morgan fingerprint density at radius 1 is 1.67 bits per heavy atom. The molecule has 1 saturated heterocycles. The van der Waals surface area contributed by atoms with Crippen molar-refractivity contribution in [2.24, 2.45) is 0 Å². The molecule has 70 valence electrons. The minimum atomic E-state index is -1.74. The molecule has 0 spiro atoms. The van der Waals surface area contributed by atoms with Crippen molar-refractivity contribution < 1.29 is 19.4 Å². The van der Waals surface area contributed by atoms with Crippen molar-refractivity contribution in [3.63, 3.8) is 0 Å². The summed E-state index contributed by atoms with van der Waals surface area (Å²) in [6.07, 6.45) is -0.515. The summed E-state index contributed by atoms with van der Waals surface area (Å²) >= 11 is 0. The van der Waals surface area contributed by atoms with E-state index in [4.69, 9.17) is 14.8 Å². The number of likely N-dealkylation sites (N-methyl/N-ethyl adjacent to an activating group) is 1. The summed E-state index contributed by atoms with van der Waals surface area (Å²) in [5.74, 6) is 0. The Morgan fingerprint density at radius 2 is 2.42 bits per heavy atom. The van der Waals surface area contributed by atoms with Crippen LogP contribution in [-0.4, -0.2) is 54.8 Å². The van der Waals surface area contributed by atoms with Gasteiger partial charge in [-0.05, 0) is 6.54 Å². The van der Waals surface area contributed by atoms with Crippen molar-refractivity contribution in [2.75, 3.05) is 26.2 Å². The Morgan fingerprint density at radius 3 is 3.00 bits per heavy atom. The summed E-state index contributed by atoms with van der Waals surface area (Å²) in [5, 5.41) is 17.0. The molecule has 1 aliphatic heterocycles. The summed E-state index contributed by atoms with van der Waals surface area (Å²) in [5.41, 5.74) is 0. The van der Waals surface area contributed by atoms with Crippen molar-refractivity contribution >= 4 is 7.32 Å². The van der Waals surface area contributed by atoms with E-state index in [1.165, 1.54) is 0 Å². The number of nitrogens with zero attached hydrogens (tertiary/aromatic N) is 1. The molecule has 12 heavy (non-hydrogen) atoms. The highest BCUT2D eigenvalue weighted by molar-refractivity contribution is 6.32. The molecule has 0 amide bonds. The molecule has 1 rings (SSSR count). The van der Waals surface area contributed by atoms with Crippen LogP contribution in [0.25, 0.3) is 0 Å². The average molecular weight is 175 g/mol. The summed E-state index contributed by atoms with van der Waals surface area (Å²) in [4.78, 5) is 2.12. The maximum Gasteiger partial charge on any atom is 0.635 e. The minimum absolute atomic E-state index is 0.515. The fourth-order valence-electron chi connectivity index (χ4n) is 1.17. The highest BCUT2D eigenvalue weighted by atomic mass is 16.7.